The molecule has 10 heteroatoms. The quantitative estimate of drug-likeness (QED) is 0.532. The van der Waals surface area contributed by atoms with Gasteiger partial charge in [-0.15, -0.1) is 0 Å². The monoisotopic (exact) mass is 386 g/mol. The Balaban J connectivity index is 2.06. The molecule has 1 aliphatic heterocycles. The molecular formula is C18H18N4O6. The minimum absolute atomic E-state index is 0.0467. The molecule has 10 nitrogen and oxygen atoms in total. The lowest BCUT2D eigenvalue weighted by molar-refractivity contribution is -0.135. The summed E-state index contributed by atoms with van der Waals surface area (Å²) in [5, 5.41) is 2.60. The van der Waals surface area contributed by atoms with E-state index in [9.17, 15) is 19.2 Å². The third-order valence-corrected chi connectivity index (χ3v) is 4.44. The number of ketones is 1. The minimum Gasteiger partial charge on any atom is -0.497 e. The van der Waals surface area contributed by atoms with E-state index < -0.39 is 23.0 Å². The van der Waals surface area contributed by atoms with Crippen molar-refractivity contribution in [2.24, 2.45) is 14.1 Å². The maximum atomic E-state index is 12.8. The molecule has 0 radical (unpaired) electrons. The number of nitrogens with zero attached hydrogens (tertiary/aromatic N) is 2. The number of methoxy groups -OCH3 is 1. The number of Topliss-reactive ketones (excluding diaryl/α,β-unsaturated/α-hetero) is 1. The van der Waals surface area contributed by atoms with Crippen LogP contribution in [0.3, 0.4) is 0 Å². The molecule has 0 atom stereocenters. The fourth-order valence-corrected chi connectivity index (χ4v) is 2.73. The van der Waals surface area contributed by atoms with E-state index in [1.165, 1.54) is 21.2 Å². The van der Waals surface area contributed by atoms with Crippen LogP contribution in [0.1, 0.15) is 10.4 Å². The van der Waals surface area contributed by atoms with Gasteiger partial charge in [-0.3, -0.25) is 18.7 Å². The van der Waals surface area contributed by atoms with Crippen LogP contribution in [0.4, 0.5) is 11.5 Å². The number of nitrogen functional groups attached to an aromatic ring is 1. The Morgan fingerprint density at radius 3 is 2.39 bits per heavy atom. The van der Waals surface area contributed by atoms with Gasteiger partial charge in [-0.1, -0.05) is 0 Å². The molecule has 1 aromatic heterocycles. The molecule has 146 valence electrons. The van der Waals surface area contributed by atoms with Crippen molar-refractivity contribution in [3.63, 3.8) is 0 Å². The predicted octanol–water partition coefficient (Wildman–Crippen LogP) is -0.219. The SMILES string of the molecule is COc1ccc(C(=O)C2=C(Nc3c(N)n(C)c(=O)n(C)c3=O)C(=O)OC2)cc1. The zero-order valence-corrected chi connectivity index (χ0v) is 15.4. The number of anilines is 2. The molecule has 2 aromatic rings. The van der Waals surface area contributed by atoms with E-state index in [1.807, 2.05) is 0 Å². The normalized spacial score (nSPS) is 13.5. The smallest absolute Gasteiger partial charge is 0.355 e. The number of cyclic esters (lactones) is 1. The van der Waals surface area contributed by atoms with Gasteiger partial charge in [-0.25, -0.2) is 9.59 Å². The number of benzene rings is 1. The summed E-state index contributed by atoms with van der Waals surface area (Å²) in [6.07, 6.45) is 0. The van der Waals surface area contributed by atoms with E-state index in [4.69, 9.17) is 15.2 Å². The van der Waals surface area contributed by atoms with E-state index in [1.54, 1.807) is 24.3 Å². The van der Waals surface area contributed by atoms with Crippen LogP contribution in [-0.4, -0.2) is 34.6 Å². The highest BCUT2D eigenvalue weighted by molar-refractivity contribution is 6.15. The summed E-state index contributed by atoms with van der Waals surface area (Å²) in [6, 6.07) is 6.32. The molecule has 0 unspecified atom stereocenters. The number of carbonyl (C=O) groups excluding carboxylic acids is 2. The summed E-state index contributed by atoms with van der Waals surface area (Å²) in [7, 11) is 4.16. The molecule has 0 amide bonds. The number of esters is 1. The molecule has 0 spiro atoms. The van der Waals surface area contributed by atoms with Gasteiger partial charge in [0.15, 0.2) is 5.78 Å². The van der Waals surface area contributed by atoms with Gasteiger partial charge in [-0.2, -0.15) is 0 Å². The van der Waals surface area contributed by atoms with Gasteiger partial charge >= 0.3 is 11.7 Å². The molecule has 3 N–H and O–H groups in total. The lowest BCUT2D eigenvalue weighted by Crippen LogP contribution is -2.39. The van der Waals surface area contributed by atoms with Gasteiger partial charge in [0.05, 0.1) is 12.7 Å². The second kappa shape index (κ2) is 7.06. The van der Waals surface area contributed by atoms with E-state index in [0.717, 1.165) is 9.13 Å². The molecule has 28 heavy (non-hydrogen) atoms. The third-order valence-electron chi connectivity index (χ3n) is 4.44. The van der Waals surface area contributed by atoms with Crippen LogP contribution in [0.25, 0.3) is 0 Å². The number of nitrogens with two attached hydrogens (primary N) is 1. The van der Waals surface area contributed by atoms with E-state index in [0.29, 0.717) is 11.3 Å². The molecule has 1 aromatic carbocycles. The topological polar surface area (TPSA) is 135 Å². The second-order valence-corrected chi connectivity index (χ2v) is 6.08. The van der Waals surface area contributed by atoms with Gasteiger partial charge in [0.1, 0.15) is 29.6 Å². The predicted molar refractivity (Wildman–Crippen MR) is 100 cm³/mol. The van der Waals surface area contributed by atoms with Crippen molar-refractivity contribution >= 4 is 23.3 Å². The van der Waals surface area contributed by atoms with Crippen molar-refractivity contribution in [2.75, 3.05) is 24.8 Å². The third kappa shape index (κ3) is 3.04. The zero-order chi connectivity index (χ0) is 20.6. The number of hydrogen-bond acceptors (Lipinski definition) is 8. The van der Waals surface area contributed by atoms with Crippen LogP contribution in [0.2, 0.25) is 0 Å². The molecular weight excluding hydrogens is 368 g/mol. The lowest BCUT2D eigenvalue weighted by Gasteiger charge is -2.13. The average Bonchev–Trinajstić information content (AvgIpc) is 3.07. The highest BCUT2D eigenvalue weighted by atomic mass is 16.5. The summed E-state index contributed by atoms with van der Waals surface area (Å²) < 4.78 is 11.9. The van der Waals surface area contributed by atoms with Crippen molar-refractivity contribution in [1.82, 2.24) is 9.13 Å². The highest BCUT2D eigenvalue weighted by Gasteiger charge is 2.31. The first-order valence-electron chi connectivity index (χ1n) is 8.17. The van der Waals surface area contributed by atoms with Crippen LogP contribution in [0.5, 0.6) is 5.75 Å². The molecule has 0 fully saturated rings. The summed E-state index contributed by atoms with van der Waals surface area (Å²) >= 11 is 0. The minimum atomic E-state index is -0.799. The maximum Gasteiger partial charge on any atom is 0.355 e. The Kier molecular flexibility index (Phi) is 4.78. The number of hydrogen-bond donors (Lipinski definition) is 2. The number of aromatic nitrogens is 2. The Hall–Kier alpha value is -3.82. The van der Waals surface area contributed by atoms with E-state index >= 15 is 0 Å². The molecule has 0 bridgehead atoms. The van der Waals surface area contributed by atoms with Crippen molar-refractivity contribution < 1.29 is 19.1 Å². The Morgan fingerprint density at radius 1 is 1.14 bits per heavy atom. The highest BCUT2D eigenvalue weighted by Crippen LogP contribution is 2.24. The Bertz CT molecular complexity index is 1120. The first-order chi connectivity index (χ1) is 13.3. The summed E-state index contributed by atoms with van der Waals surface area (Å²) in [4.78, 5) is 49.3. The van der Waals surface area contributed by atoms with Crippen LogP contribution >= 0.6 is 0 Å². The lowest BCUT2D eigenvalue weighted by atomic mass is 10.0. The standard InChI is InChI=1S/C18H18N4O6/c1-21-15(19)13(16(24)22(2)18(21)26)20-12-11(8-28-17(12)25)14(23)9-4-6-10(27-3)7-5-9/h4-7,20H,8,19H2,1-3H3. The summed E-state index contributed by atoms with van der Waals surface area (Å²) in [6.45, 7) is -0.252. The number of ether oxygens (including phenoxy) is 2. The fourth-order valence-electron chi connectivity index (χ4n) is 2.73. The summed E-state index contributed by atoms with van der Waals surface area (Å²) in [5.41, 5.74) is 4.48. The zero-order valence-electron chi connectivity index (χ0n) is 15.4. The Morgan fingerprint density at radius 2 is 1.79 bits per heavy atom. The first kappa shape index (κ1) is 19.0. The number of rotatable bonds is 5. The van der Waals surface area contributed by atoms with Gasteiger partial charge in [0, 0.05) is 19.7 Å². The van der Waals surface area contributed by atoms with E-state index in [-0.39, 0.29) is 29.4 Å². The number of carbonyl (C=O) groups is 2. The van der Waals surface area contributed by atoms with Crippen LogP contribution < -0.4 is 27.0 Å². The molecule has 1 aliphatic rings. The molecule has 0 saturated carbocycles. The van der Waals surface area contributed by atoms with Gasteiger partial charge < -0.3 is 20.5 Å². The van der Waals surface area contributed by atoms with Crippen molar-refractivity contribution in [3.8, 4) is 5.75 Å². The molecule has 0 saturated heterocycles. The van der Waals surface area contributed by atoms with Gasteiger partial charge in [0.2, 0.25) is 0 Å². The average molecular weight is 386 g/mol. The van der Waals surface area contributed by atoms with Crippen LogP contribution in [0.15, 0.2) is 45.1 Å². The molecule has 2 heterocycles. The van der Waals surface area contributed by atoms with Crippen LogP contribution in [0, 0.1) is 0 Å². The van der Waals surface area contributed by atoms with E-state index in [2.05, 4.69) is 5.32 Å². The first-order valence-corrected chi connectivity index (χ1v) is 8.17. The molecule has 3 rings (SSSR count). The van der Waals surface area contributed by atoms with Crippen molar-refractivity contribution in [3.05, 3.63) is 61.9 Å². The maximum absolute atomic E-state index is 12.8. The van der Waals surface area contributed by atoms with Crippen molar-refractivity contribution in [1.29, 1.82) is 0 Å². The number of nitrogens with one attached hydrogen (secondary N) is 1. The van der Waals surface area contributed by atoms with Gasteiger partial charge in [0.25, 0.3) is 5.56 Å². The van der Waals surface area contributed by atoms with Crippen LogP contribution in [-0.2, 0) is 23.6 Å². The largest absolute Gasteiger partial charge is 0.497 e. The fraction of sp³-hybridized carbons (Fsp3) is 0.222. The van der Waals surface area contributed by atoms with Gasteiger partial charge in [-0.05, 0) is 24.3 Å². The Labute approximate surface area is 158 Å². The second-order valence-electron chi connectivity index (χ2n) is 6.08. The summed E-state index contributed by atoms with van der Waals surface area (Å²) in [5.74, 6) is -0.843. The van der Waals surface area contributed by atoms with Crippen molar-refractivity contribution in [2.45, 2.75) is 0 Å². The molecule has 0 aliphatic carbocycles.